The second kappa shape index (κ2) is 4.30. The Kier molecular flexibility index (Phi) is 3.53. The van der Waals surface area contributed by atoms with Crippen LogP contribution in [-0.4, -0.2) is 29.9 Å². The van der Waals surface area contributed by atoms with Crippen molar-refractivity contribution in [3.63, 3.8) is 0 Å². The second-order valence-corrected chi connectivity index (χ2v) is 4.82. The van der Waals surface area contributed by atoms with Gasteiger partial charge in [0.1, 0.15) is 0 Å². The van der Waals surface area contributed by atoms with Gasteiger partial charge in [0, 0.05) is 13.1 Å². The van der Waals surface area contributed by atoms with Gasteiger partial charge in [-0.05, 0) is 31.6 Å². The van der Waals surface area contributed by atoms with E-state index >= 15 is 0 Å². The van der Waals surface area contributed by atoms with Gasteiger partial charge in [0.15, 0.2) is 0 Å². The van der Waals surface area contributed by atoms with Gasteiger partial charge in [-0.1, -0.05) is 13.8 Å². The van der Waals surface area contributed by atoms with Gasteiger partial charge in [-0.3, -0.25) is 4.79 Å². The van der Waals surface area contributed by atoms with Crippen LogP contribution in [0.2, 0.25) is 0 Å². The average molecular weight is 198 g/mol. The Morgan fingerprint density at radius 1 is 1.64 bits per heavy atom. The number of likely N-dealkylation sites (tertiary alicyclic amines) is 1. The van der Waals surface area contributed by atoms with E-state index < -0.39 is 0 Å². The molecule has 0 saturated carbocycles. The zero-order valence-electron chi connectivity index (χ0n) is 9.55. The first-order chi connectivity index (χ1) is 6.48. The summed E-state index contributed by atoms with van der Waals surface area (Å²) >= 11 is 0. The molecule has 1 heterocycles. The topological polar surface area (TPSA) is 46.3 Å². The van der Waals surface area contributed by atoms with Gasteiger partial charge >= 0.3 is 0 Å². The molecule has 1 saturated heterocycles. The molecule has 0 radical (unpaired) electrons. The molecular formula is C11H22N2O. The lowest BCUT2D eigenvalue weighted by atomic mass is 9.79. The summed E-state index contributed by atoms with van der Waals surface area (Å²) < 4.78 is 0. The van der Waals surface area contributed by atoms with Gasteiger partial charge in [0.25, 0.3) is 0 Å². The average Bonchev–Trinajstić information content (AvgIpc) is 2.16. The summed E-state index contributed by atoms with van der Waals surface area (Å²) in [6, 6.07) is -0.353. The maximum atomic E-state index is 11.7. The third-order valence-corrected chi connectivity index (χ3v) is 3.34. The molecule has 3 nitrogen and oxygen atoms in total. The zero-order valence-corrected chi connectivity index (χ0v) is 9.55. The molecule has 14 heavy (non-hydrogen) atoms. The first kappa shape index (κ1) is 11.5. The number of hydrogen-bond donors (Lipinski definition) is 1. The Labute approximate surface area is 86.6 Å². The quantitative estimate of drug-likeness (QED) is 0.728. The molecule has 1 unspecified atom stereocenters. The Morgan fingerprint density at radius 2 is 2.29 bits per heavy atom. The molecule has 1 aliphatic heterocycles. The molecule has 3 heteroatoms. The predicted molar refractivity (Wildman–Crippen MR) is 57.9 cm³/mol. The summed E-state index contributed by atoms with van der Waals surface area (Å²) in [6.07, 6.45) is 3.48. The highest BCUT2D eigenvalue weighted by molar-refractivity contribution is 5.81. The monoisotopic (exact) mass is 198 g/mol. The lowest BCUT2D eigenvalue weighted by molar-refractivity contribution is -0.135. The van der Waals surface area contributed by atoms with Crippen molar-refractivity contribution in [2.24, 2.45) is 11.1 Å². The van der Waals surface area contributed by atoms with Crippen LogP contribution in [-0.2, 0) is 4.79 Å². The summed E-state index contributed by atoms with van der Waals surface area (Å²) in [5.41, 5.74) is 5.91. The summed E-state index contributed by atoms with van der Waals surface area (Å²) in [5.74, 6) is 0.101. The molecule has 0 aromatic heterocycles. The van der Waals surface area contributed by atoms with Crippen molar-refractivity contribution < 1.29 is 4.79 Å². The van der Waals surface area contributed by atoms with E-state index in [2.05, 4.69) is 13.8 Å². The molecule has 2 N–H and O–H groups in total. The Bertz CT molecular complexity index is 215. The fraction of sp³-hybridized carbons (Fsp3) is 0.909. The van der Waals surface area contributed by atoms with E-state index in [9.17, 15) is 4.79 Å². The van der Waals surface area contributed by atoms with Crippen LogP contribution in [0.1, 0.15) is 40.0 Å². The van der Waals surface area contributed by atoms with E-state index in [1.807, 2.05) is 4.90 Å². The smallest absolute Gasteiger partial charge is 0.239 e. The minimum atomic E-state index is -0.353. The van der Waals surface area contributed by atoms with Crippen LogP contribution in [0.4, 0.5) is 0 Å². The molecule has 1 fully saturated rings. The lowest BCUT2D eigenvalue weighted by Gasteiger charge is -2.40. The van der Waals surface area contributed by atoms with Gasteiger partial charge in [0.05, 0.1) is 6.04 Å². The first-order valence-electron chi connectivity index (χ1n) is 5.53. The number of amides is 1. The third kappa shape index (κ3) is 2.47. The highest BCUT2D eigenvalue weighted by atomic mass is 16.2. The third-order valence-electron chi connectivity index (χ3n) is 3.34. The Balaban J connectivity index is 2.60. The number of carbonyl (C=O) groups excluding carboxylic acids is 1. The van der Waals surface area contributed by atoms with Gasteiger partial charge in [0.2, 0.25) is 5.91 Å². The SMILES string of the molecule is CCC1(C)CCCN(C(=O)[C@H](C)N)C1. The molecule has 0 aromatic rings. The second-order valence-electron chi connectivity index (χ2n) is 4.82. The maximum Gasteiger partial charge on any atom is 0.239 e. The molecule has 0 aromatic carbocycles. The first-order valence-corrected chi connectivity index (χ1v) is 5.53. The highest BCUT2D eigenvalue weighted by Crippen LogP contribution is 2.32. The highest BCUT2D eigenvalue weighted by Gasteiger charge is 2.32. The summed E-state index contributed by atoms with van der Waals surface area (Å²) in [6.45, 7) is 7.98. The van der Waals surface area contributed by atoms with Crippen molar-refractivity contribution >= 4 is 5.91 Å². The van der Waals surface area contributed by atoms with Crippen LogP contribution < -0.4 is 5.73 Å². The number of rotatable bonds is 2. The van der Waals surface area contributed by atoms with Gasteiger partial charge in [-0.2, -0.15) is 0 Å². The minimum Gasteiger partial charge on any atom is -0.341 e. The zero-order chi connectivity index (χ0) is 10.8. The van der Waals surface area contributed by atoms with Crippen molar-refractivity contribution in [1.29, 1.82) is 0 Å². The molecule has 1 rings (SSSR count). The van der Waals surface area contributed by atoms with E-state index in [1.165, 1.54) is 6.42 Å². The van der Waals surface area contributed by atoms with Crippen molar-refractivity contribution in [2.45, 2.75) is 46.1 Å². The number of nitrogens with two attached hydrogens (primary N) is 1. The minimum absolute atomic E-state index is 0.101. The summed E-state index contributed by atoms with van der Waals surface area (Å²) in [7, 11) is 0. The van der Waals surface area contributed by atoms with E-state index in [4.69, 9.17) is 5.73 Å². The molecule has 1 aliphatic rings. The van der Waals surface area contributed by atoms with Crippen LogP contribution in [0.15, 0.2) is 0 Å². The van der Waals surface area contributed by atoms with Gasteiger partial charge in [-0.15, -0.1) is 0 Å². The lowest BCUT2D eigenvalue weighted by Crippen LogP contribution is -2.49. The van der Waals surface area contributed by atoms with Crippen molar-refractivity contribution in [3.8, 4) is 0 Å². The van der Waals surface area contributed by atoms with E-state index in [1.54, 1.807) is 6.92 Å². The summed E-state index contributed by atoms with van der Waals surface area (Å²) in [5, 5.41) is 0. The molecule has 0 bridgehead atoms. The Hall–Kier alpha value is -0.570. The molecule has 1 amide bonds. The van der Waals surface area contributed by atoms with Crippen LogP contribution in [0.25, 0.3) is 0 Å². The van der Waals surface area contributed by atoms with Gasteiger partial charge < -0.3 is 10.6 Å². The number of carbonyl (C=O) groups is 1. The van der Waals surface area contributed by atoms with Crippen LogP contribution in [0, 0.1) is 5.41 Å². The predicted octanol–water partition coefficient (Wildman–Crippen LogP) is 1.37. The summed E-state index contributed by atoms with van der Waals surface area (Å²) in [4.78, 5) is 13.6. The van der Waals surface area contributed by atoms with Crippen molar-refractivity contribution in [2.75, 3.05) is 13.1 Å². The number of hydrogen-bond acceptors (Lipinski definition) is 2. The Morgan fingerprint density at radius 3 is 2.79 bits per heavy atom. The maximum absolute atomic E-state index is 11.7. The fourth-order valence-electron chi connectivity index (χ4n) is 2.08. The molecule has 82 valence electrons. The van der Waals surface area contributed by atoms with E-state index in [0.717, 1.165) is 25.9 Å². The fourth-order valence-corrected chi connectivity index (χ4v) is 2.08. The molecular weight excluding hydrogens is 176 g/mol. The number of piperidine rings is 1. The van der Waals surface area contributed by atoms with Crippen LogP contribution in [0.5, 0.6) is 0 Å². The van der Waals surface area contributed by atoms with Crippen LogP contribution >= 0.6 is 0 Å². The van der Waals surface area contributed by atoms with Crippen LogP contribution in [0.3, 0.4) is 0 Å². The van der Waals surface area contributed by atoms with Crippen molar-refractivity contribution in [3.05, 3.63) is 0 Å². The van der Waals surface area contributed by atoms with Gasteiger partial charge in [-0.25, -0.2) is 0 Å². The number of nitrogens with zero attached hydrogens (tertiary/aromatic N) is 1. The normalized spacial score (nSPS) is 30.1. The molecule has 2 atom stereocenters. The van der Waals surface area contributed by atoms with E-state index in [0.29, 0.717) is 5.41 Å². The standard InChI is InChI=1S/C11H22N2O/c1-4-11(3)6-5-7-13(8-11)10(14)9(2)12/h9H,4-8,12H2,1-3H3/t9-,11?/m0/s1. The molecule has 0 spiro atoms. The van der Waals surface area contributed by atoms with E-state index in [-0.39, 0.29) is 11.9 Å². The van der Waals surface area contributed by atoms with Crippen molar-refractivity contribution in [1.82, 2.24) is 4.90 Å². The largest absolute Gasteiger partial charge is 0.341 e. The molecule has 0 aliphatic carbocycles.